The van der Waals surface area contributed by atoms with Crippen molar-refractivity contribution < 1.29 is 9.90 Å². The highest BCUT2D eigenvalue weighted by Gasteiger charge is 2.50. The predicted octanol–water partition coefficient (Wildman–Crippen LogP) is 3.95. The van der Waals surface area contributed by atoms with Crippen molar-refractivity contribution in [1.29, 1.82) is 0 Å². The van der Waals surface area contributed by atoms with Gasteiger partial charge in [0.15, 0.2) is 6.10 Å². The number of halogens is 2. The second-order valence-corrected chi connectivity index (χ2v) is 10.2. The van der Waals surface area contributed by atoms with E-state index in [4.69, 9.17) is 16.6 Å². The molecule has 1 saturated carbocycles. The van der Waals surface area contributed by atoms with Crippen LogP contribution < -0.4 is 5.56 Å². The highest BCUT2D eigenvalue weighted by Crippen LogP contribution is 2.55. The smallest absolute Gasteiger partial charge is 0.256 e. The Bertz CT molecular complexity index is 1240. The first-order valence-electron chi connectivity index (χ1n) is 9.97. The van der Waals surface area contributed by atoms with Gasteiger partial charge in [0.1, 0.15) is 5.82 Å². The first-order valence-corrected chi connectivity index (χ1v) is 12.0. The number of amides is 1. The molecule has 0 spiro atoms. The van der Waals surface area contributed by atoms with Gasteiger partial charge in [-0.15, -0.1) is 11.3 Å². The van der Waals surface area contributed by atoms with Crippen molar-refractivity contribution in [2.75, 3.05) is 6.54 Å². The van der Waals surface area contributed by atoms with Crippen molar-refractivity contribution in [1.82, 2.24) is 14.9 Å². The maximum atomic E-state index is 12.9. The van der Waals surface area contributed by atoms with E-state index in [1.54, 1.807) is 35.6 Å². The molecular weight excluding hydrogens is 502 g/mol. The number of hydrogen-bond donors (Lipinski definition) is 2. The lowest BCUT2D eigenvalue weighted by Crippen LogP contribution is -2.42. The number of aromatic nitrogens is 2. The Labute approximate surface area is 196 Å². The normalized spacial score (nSPS) is 17.8. The Hall–Kier alpha value is -2.00. The summed E-state index contributed by atoms with van der Waals surface area (Å²) in [7, 11) is 0. The van der Waals surface area contributed by atoms with Gasteiger partial charge in [-0.05, 0) is 57.9 Å². The summed E-state index contributed by atoms with van der Waals surface area (Å²) in [5.41, 5.74) is 1.22. The molecule has 160 valence electrons. The van der Waals surface area contributed by atoms with Gasteiger partial charge in [0.25, 0.3) is 11.5 Å². The Morgan fingerprint density at radius 2 is 2.16 bits per heavy atom. The van der Waals surface area contributed by atoms with Crippen LogP contribution in [0.15, 0.2) is 45.0 Å². The lowest BCUT2D eigenvalue weighted by atomic mass is 10.0. The van der Waals surface area contributed by atoms with E-state index >= 15 is 0 Å². The zero-order chi connectivity index (χ0) is 21.8. The molecule has 31 heavy (non-hydrogen) atoms. The fourth-order valence-electron chi connectivity index (χ4n) is 4.16. The minimum atomic E-state index is -1.32. The lowest BCUT2D eigenvalue weighted by molar-refractivity contribution is -0.141. The predicted molar refractivity (Wildman–Crippen MR) is 122 cm³/mol. The number of rotatable bonds is 4. The highest BCUT2D eigenvalue weighted by atomic mass is 79.9. The van der Waals surface area contributed by atoms with E-state index in [-0.39, 0.29) is 17.5 Å². The molecular formula is C22H19BrClN3O3S. The summed E-state index contributed by atoms with van der Waals surface area (Å²) >= 11 is 11.3. The van der Waals surface area contributed by atoms with E-state index in [1.165, 1.54) is 9.78 Å². The Balaban J connectivity index is 1.41. The maximum Gasteiger partial charge on any atom is 0.256 e. The standard InChI is InChI=1S/C22H19BrClN3O3S/c23-15-5-9-31-18(15)22(6-7-22)21-25-16-4-8-27(11-14(16)19(29)26-21)20(30)17(28)12-2-1-3-13(24)10-12/h1-3,5,9-10,17,28H,4,6-8,11H2,(H,25,26,29)/t17-/m1/s1. The number of fused-ring (bicyclic) bond motifs is 1. The van der Waals surface area contributed by atoms with Gasteiger partial charge in [0.2, 0.25) is 0 Å². The van der Waals surface area contributed by atoms with Crippen molar-refractivity contribution in [3.05, 3.63) is 83.1 Å². The fourth-order valence-corrected chi connectivity index (χ4v) is 6.38. The number of aliphatic hydroxyl groups excluding tert-OH is 1. The molecule has 1 amide bonds. The van der Waals surface area contributed by atoms with Crippen molar-refractivity contribution in [2.24, 2.45) is 0 Å². The first kappa shape index (κ1) is 20.9. The molecule has 3 heterocycles. The molecule has 1 aliphatic heterocycles. The summed E-state index contributed by atoms with van der Waals surface area (Å²) in [6.07, 6.45) is 1.05. The highest BCUT2D eigenvalue weighted by molar-refractivity contribution is 9.10. The SMILES string of the molecule is O=C([C@H](O)c1cccc(Cl)c1)N1CCc2nc(C3(c4sccc4Br)CC3)[nH]c(=O)c2C1. The third kappa shape index (κ3) is 3.65. The van der Waals surface area contributed by atoms with Gasteiger partial charge in [-0.3, -0.25) is 9.59 Å². The van der Waals surface area contributed by atoms with Crippen LogP contribution in [-0.4, -0.2) is 32.4 Å². The molecule has 5 rings (SSSR count). The monoisotopic (exact) mass is 519 g/mol. The van der Waals surface area contributed by atoms with Gasteiger partial charge in [0, 0.05) is 27.3 Å². The molecule has 2 aliphatic rings. The number of benzene rings is 1. The van der Waals surface area contributed by atoms with Crippen molar-refractivity contribution >= 4 is 44.8 Å². The maximum absolute atomic E-state index is 12.9. The van der Waals surface area contributed by atoms with Crippen LogP contribution in [0.2, 0.25) is 5.02 Å². The van der Waals surface area contributed by atoms with Crippen LogP contribution in [-0.2, 0) is 23.2 Å². The van der Waals surface area contributed by atoms with E-state index in [2.05, 4.69) is 20.9 Å². The van der Waals surface area contributed by atoms with Crippen molar-refractivity contribution in [3.8, 4) is 0 Å². The van der Waals surface area contributed by atoms with Crippen LogP contribution in [0.3, 0.4) is 0 Å². The minimum absolute atomic E-state index is 0.129. The van der Waals surface area contributed by atoms with Crippen LogP contribution in [0.4, 0.5) is 0 Å². The van der Waals surface area contributed by atoms with Gasteiger partial charge >= 0.3 is 0 Å². The largest absolute Gasteiger partial charge is 0.378 e. The molecule has 0 saturated heterocycles. The minimum Gasteiger partial charge on any atom is -0.378 e. The lowest BCUT2D eigenvalue weighted by Gasteiger charge is -2.30. The summed E-state index contributed by atoms with van der Waals surface area (Å²) in [5, 5.41) is 13.0. The number of carbonyl (C=O) groups is 1. The number of thiophene rings is 1. The number of carbonyl (C=O) groups excluding carboxylic acids is 1. The fraction of sp³-hybridized carbons (Fsp3) is 0.318. The summed E-state index contributed by atoms with van der Waals surface area (Å²) in [6, 6.07) is 8.62. The average Bonchev–Trinajstić information content (AvgIpc) is 3.46. The molecule has 0 radical (unpaired) electrons. The van der Waals surface area contributed by atoms with E-state index in [0.29, 0.717) is 34.9 Å². The second kappa shape index (κ2) is 7.85. The van der Waals surface area contributed by atoms with Crippen molar-refractivity contribution in [3.63, 3.8) is 0 Å². The Morgan fingerprint density at radius 3 is 2.84 bits per heavy atom. The summed E-state index contributed by atoms with van der Waals surface area (Å²) in [5.74, 6) is 0.260. The van der Waals surface area contributed by atoms with E-state index in [9.17, 15) is 14.7 Å². The zero-order valence-electron chi connectivity index (χ0n) is 16.4. The van der Waals surface area contributed by atoms with E-state index in [1.807, 2.05) is 11.4 Å². The first-order chi connectivity index (χ1) is 14.9. The van der Waals surface area contributed by atoms with Crippen LogP contribution >= 0.6 is 38.9 Å². The summed E-state index contributed by atoms with van der Waals surface area (Å²) in [6.45, 7) is 0.527. The molecule has 1 atom stereocenters. The average molecular weight is 521 g/mol. The van der Waals surface area contributed by atoms with Gasteiger partial charge in [-0.1, -0.05) is 23.7 Å². The Kier molecular flexibility index (Phi) is 5.29. The number of nitrogens with zero attached hydrogens (tertiary/aromatic N) is 2. The van der Waals surface area contributed by atoms with Crippen LogP contribution in [0.5, 0.6) is 0 Å². The molecule has 3 aromatic rings. The summed E-state index contributed by atoms with van der Waals surface area (Å²) in [4.78, 5) is 36.3. The van der Waals surface area contributed by atoms with Gasteiger partial charge in [-0.2, -0.15) is 0 Å². The van der Waals surface area contributed by atoms with E-state index < -0.39 is 12.0 Å². The van der Waals surface area contributed by atoms with Gasteiger partial charge < -0.3 is 15.0 Å². The molecule has 0 bridgehead atoms. The topological polar surface area (TPSA) is 86.3 Å². The number of H-pyrrole nitrogens is 1. The third-order valence-corrected chi connectivity index (χ3v) is 8.31. The van der Waals surface area contributed by atoms with Crippen molar-refractivity contribution in [2.45, 2.75) is 37.3 Å². The molecule has 2 N–H and O–H groups in total. The van der Waals surface area contributed by atoms with Gasteiger partial charge in [0.05, 0.1) is 23.2 Å². The summed E-state index contributed by atoms with van der Waals surface area (Å²) < 4.78 is 1.04. The molecule has 6 nitrogen and oxygen atoms in total. The quantitative estimate of drug-likeness (QED) is 0.545. The molecule has 1 aromatic carbocycles. The number of aliphatic hydroxyl groups is 1. The number of aromatic amines is 1. The Morgan fingerprint density at radius 1 is 1.35 bits per heavy atom. The van der Waals surface area contributed by atoms with E-state index in [0.717, 1.165) is 23.0 Å². The molecule has 1 aliphatic carbocycles. The number of hydrogen-bond acceptors (Lipinski definition) is 5. The van der Waals surface area contributed by atoms with Crippen LogP contribution in [0, 0.1) is 0 Å². The molecule has 0 unspecified atom stereocenters. The number of nitrogens with one attached hydrogen (secondary N) is 1. The molecule has 2 aromatic heterocycles. The van der Waals surface area contributed by atoms with Gasteiger partial charge in [-0.25, -0.2) is 4.98 Å². The van der Waals surface area contributed by atoms with Crippen LogP contribution in [0.1, 0.15) is 46.5 Å². The molecule has 1 fully saturated rings. The third-order valence-electron chi connectivity index (χ3n) is 6.03. The zero-order valence-corrected chi connectivity index (χ0v) is 19.6. The van der Waals surface area contributed by atoms with Crippen LogP contribution in [0.25, 0.3) is 0 Å². The molecule has 9 heteroatoms. The second-order valence-electron chi connectivity index (χ2n) is 7.99.